The van der Waals surface area contributed by atoms with E-state index in [-0.39, 0.29) is 5.91 Å². The highest BCUT2D eigenvalue weighted by molar-refractivity contribution is 6.30. The fourth-order valence-corrected chi connectivity index (χ4v) is 1.86. The molecular weight excluding hydrogens is 236 g/mol. The topological polar surface area (TPSA) is 55.1 Å². The first-order valence-corrected chi connectivity index (χ1v) is 6.28. The molecule has 0 spiro atoms. The molecule has 3 N–H and O–H groups in total. The molecule has 1 aromatic rings. The van der Waals surface area contributed by atoms with Crippen molar-refractivity contribution in [2.45, 2.75) is 32.2 Å². The van der Waals surface area contributed by atoms with Crippen LogP contribution in [0.4, 0.5) is 0 Å². The van der Waals surface area contributed by atoms with Crippen LogP contribution in [0.1, 0.15) is 37.8 Å². The molecule has 0 bridgehead atoms. The number of hydrogen-bond acceptors (Lipinski definition) is 2. The van der Waals surface area contributed by atoms with Crippen LogP contribution in [0.25, 0.3) is 0 Å². The molecule has 0 saturated carbocycles. The number of nitrogens with one attached hydrogen (secondary N) is 1. The zero-order chi connectivity index (χ0) is 12.7. The van der Waals surface area contributed by atoms with Crippen LogP contribution in [0.15, 0.2) is 24.3 Å². The Hall–Kier alpha value is -1.06. The standard InChI is InChI=1S/C13H19ClN2O/c1-2-12(16-9-3-4-13(15)17)10-5-7-11(14)8-6-10/h5-8,12,16H,2-4,9H2,1H3,(H2,15,17). The largest absolute Gasteiger partial charge is 0.370 e. The predicted octanol–water partition coefficient (Wildman–Crippen LogP) is 2.65. The lowest BCUT2D eigenvalue weighted by Crippen LogP contribution is -2.23. The first-order chi connectivity index (χ1) is 8.13. The zero-order valence-corrected chi connectivity index (χ0v) is 10.8. The lowest BCUT2D eigenvalue weighted by atomic mass is 10.0. The molecule has 0 fully saturated rings. The van der Waals surface area contributed by atoms with E-state index in [2.05, 4.69) is 12.2 Å². The summed E-state index contributed by atoms with van der Waals surface area (Å²) in [6.45, 7) is 2.92. The van der Waals surface area contributed by atoms with E-state index in [1.54, 1.807) is 0 Å². The fraction of sp³-hybridized carbons (Fsp3) is 0.462. The summed E-state index contributed by atoms with van der Waals surface area (Å²) in [5, 5.41) is 4.16. The van der Waals surface area contributed by atoms with Crippen molar-refractivity contribution < 1.29 is 4.79 Å². The Bertz CT molecular complexity index is 351. The lowest BCUT2D eigenvalue weighted by Gasteiger charge is -2.17. The number of carbonyl (C=O) groups is 1. The van der Waals surface area contributed by atoms with Gasteiger partial charge in [-0.05, 0) is 37.1 Å². The molecule has 1 atom stereocenters. The smallest absolute Gasteiger partial charge is 0.217 e. The summed E-state index contributed by atoms with van der Waals surface area (Å²) in [6.07, 6.45) is 2.21. The van der Waals surface area contributed by atoms with Crippen molar-refractivity contribution in [3.05, 3.63) is 34.9 Å². The van der Waals surface area contributed by atoms with E-state index in [1.165, 1.54) is 5.56 Å². The number of nitrogens with two attached hydrogens (primary N) is 1. The number of carbonyl (C=O) groups excluding carboxylic acids is 1. The summed E-state index contributed by atoms with van der Waals surface area (Å²) in [6, 6.07) is 8.14. The van der Waals surface area contributed by atoms with Crippen LogP contribution in [0.2, 0.25) is 5.02 Å². The highest BCUT2D eigenvalue weighted by atomic mass is 35.5. The van der Waals surface area contributed by atoms with Gasteiger partial charge in [0.1, 0.15) is 0 Å². The van der Waals surface area contributed by atoms with Crippen LogP contribution in [-0.2, 0) is 4.79 Å². The molecule has 0 saturated heterocycles. The molecule has 4 heteroatoms. The van der Waals surface area contributed by atoms with Crippen LogP contribution < -0.4 is 11.1 Å². The number of hydrogen-bond donors (Lipinski definition) is 2. The third kappa shape index (κ3) is 5.20. The first kappa shape index (κ1) is 14.0. The van der Waals surface area contributed by atoms with E-state index in [0.717, 1.165) is 24.4 Å². The van der Waals surface area contributed by atoms with Gasteiger partial charge in [-0.2, -0.15) is 0 Å². The third-order valence-electron chi connectivity index (χ3n) is 2.67. The van der Waals surface area contributed by atoms with Gasteiger partial charge in [-0.3, -0.25) is 4.79 Å². The summed E-state index contributed by atoms with van der Waals surface area (Å²) in [4.78, 5) is 10.6. The van der Waals surface area contributed by atoms with E-state index < -0.39 is 0 Å². The maximum absolute atomic E-state index is 10.6. The normalized spacial score (nSPS) is 12.4. The Morgan fingerprint density at radius 3 is 2.59 bits per heavy atom. The highest BCUT2D eigenvalue weighted by Gasteiger charge is 2.07. The van der Waals surface area contributed by atoms with Crippen LogP contribution in [0, 0.1) is 0 Å². The van der Waals surface area contributed by atoms with Crippen molar-refractivity contribution in [1.82, 2.24) is 5.32 Å². The summed E-state index contributed by atoms with van der Waals surface area (Å²) >= 11 is 5.85. The van der Waals surface area contributed by atoms with Crippen LogP contribution in [-0.4, -0.2) is 12.5 Å². The van der Waals surface area contributed by atoms with Crippen LogP contribution >= 0.6 is 11.6 Å². The molecule has 0 aliphatic heterocycles. The van der Waals surface area contributed by atoms with E-state index in [4.69, 9.17) is 17.3 Å². The summed E-state index contributed by atoms with van der Waals surface area (Å²) in [5.74, 6) is -0.244. The first-order valence-electron chi connectivity index (χ1n) is 5.90. The van der Waals surface area contributed by atoms with Gasteiger partial charge in [-0.15, -0.1) is 0 Å². The van der Waals surface area contributed by atoms with Crippen molar-refractivity contribution >= 4 is 17.5 Å². The van der Waals surface area contributed by atoms with Gasteiger partial charge in [0.15, 0.2) is 0 Å². The van der Waals surface area contributed by atoms with Crippen molar-refractivity contribution in [1.29, 1.82) is 0 Å². The maximum Gasteiger partial charge on any atom is 0.217 e. The Labute approximate surface area is 107 Å². The molecule has 0 aromatic heterocycles. The van der Waals surface area contributed by atoms with Crippen molar-refractivity contribution in [3.8, 4) is 0 Å². The minimum Gasteiger partial charge on any atom is -0.370 e. The van der Waals surface area contributed by atoms with E-state index in [1.807, 2.05) is 24.3 Å². The summed E-state index contributed by atoms with van der Waals surface area (Å²) in [5.41, 5.74) is 6.31. The molecule has 1 rings (SSSR count). The van der Waals surface area contributed by atoms with Gasteiger partial charge in [0, 0.05) is 17.5 Å². The van der Waals surface area contributed by atoms with Gasteiger partial charge in [-0.25, -0.2) is 0 Å². The average molecular weight is 255 g/mol. The van der Waals surface area contributed by atoms with Gasteiger partial charge < -0.3 is 11.1 Å². The number of amides is 1. The number of primary amides is 1. The second-order valence-electron chi connectivity index (χ2n) is 4.04. The quantitative estimate of drug-likeness (QED) is 0.735. The Morgan fingerprint density at radius 2 is 2.06 bits per heavy atom. The van der Waals surface area contributed by atoms with E-state index >= 15 is 0 Å². The third-order valence-corrected chi connectivity index (χ3v) is 2.92. The second kappa shape index (κ2) is 7.30. The molecule has 3 nitrogen and oxygen atoms in total. The van der Waals surface area contributed by atoms with Crippen molar-refractivity contribution in [2.24, 2.45) is 5.73 Å². The van der Waals surface area contributed by atoms with Gasteiger partial charge in [-0.1, -0.05) is 30.7 Å². The number of benzene rings is 1. The molecule has 17 heavy (non-hydrogen) atoms. The van der Waals surface area contributed by atoms with Gasteiger partial charge >= 0.3 is 0 Å². The van der Waals surface area contributed by atoms with Gasteiger partial charge in [0.05, 0.1) is 0 Å². The predicted molar refractivity (Wildman–Crippen MR) is 70.9 cm³/mol. The molecule has 0 aliphatic carbocycles. The average Bonchev–Trinajstić information content (AvgIpc) is 2.30. The highest BCUT2D eigenvalue weighted by Crippen LogP contribution is 2.18. The SMILES string of the molecule is CCC(NCCCC(N)=O)c1ccc(Cl)cc1. The molecule has 1 aromatic carbocycles. The monoisotopic (exact) mass is 254 g/mol. The summed E-state index contributed by atoms with van der Waals surface area (Å²) in [7, 11) is 0. The molecule has 94 valence electrons. The minimum absolute atomic E-state index is 0.244. The molecule has 0 radical (unpaired) electrons. The van der Waals surface area contributed by atoms with Gasteiger partial charge in [0.2, 0.25) is 5.91 Å². The molecule has 1 unspecified atom stereocenters. The van der Waals surface area contributed by atoms with Crippen LogP contribution in [0.5, 0.6) is 0 Å². The molecule has 1 amide bonds. The number of halogens is 1. The minimum atomic E-state index is -0.244. The Kier molecular flexibility index (Phi) is 6.01. The van der Waals surface area contributed by atoms with E-state index in [0.29, 0.717) is 12.5 Å². The van der Waals surface area contributed by atoms with E-state index in [9.17, 15) is 4.79 Å². The van der Waals surface area contributed by atoms with Crippen molar-refractivity contribution in [3.63, 3.8) is 0 Å². The lowest BCUT2D eigenvalue weighted by molar-refractivity contribution is -0.118. The van der Waals surface area contributed by atoms with Crippen LogP contribution in [0.3, 0.4) is 0 Å². The molecule has 0 aliphatic rings. The molecule has 0 heterocycles. The maximum atomic E-state index is 10.6. The molecular formula is C13H19ClN2O. The van der Waals surface area contributed by atoms with Crippen molar-refractivity contribution in [2.75, 3.05) is 6.54 Å². The Morgan fingerprint density at radius 1 is 1.41 bits per heavy atom. The van der Waals surface area contributed by atoms with Gasteiger partial charge in [0.25, 0.3) is 0 Å². The number of rotatable bonds is 7. The zero-order valence-electron chi connectivity index (χ0n) is 10.1. The Balaban J connectivity index is 2.43. The fourth-order valence-electron chi connectivity index (χ4n) is 1.73. The second-order valence-corrected chi connectivity index (χ2v) is 4.47. The summed E-state index contributed by atoms with van der Waals surface area (Å²) < 4.78 is 0.